The summed E-state index contributed by atoms with van der Waals surface area (Å²) in [5.41, 5.74) is 0. The minimum atomic E-state index is 0. The van der Waals surface area contributed by atoms with Crippen LogP contribution in [-0.2, 0) is 0 Å². The summed E-state index contributed by atoms with van der Waals surface area (Å²) >= 11 is 0. The van der Waals surface area contributed by atoms with Gasteiger partial charge in [-0.15, -0.1) is 17.0 Å². The van der Waals surface area contributed by atoms with Crippen molar-refractivity contribution in [1.82, 2.24) is 10.6 Å². The van der Waals surface area contributed by atoms with Gasteiger partial charge in [-0.2, -0.15) is 0 Å². The molecule has 0 aromatic heterocycles. The Hall–Kier alpha value is 0.400. The van der Waals surface area contributed by atoms with Crippen LogP contribution in [0.3, 0.4) is 0 Å². The summed E-state index contributed by atoms with van der Waals surface area (Å²) in [7, 11) is 0. The van der Waals surface area contributed by atoms with Crippen molar-refractivity contribution in [2.24, 2.45) is 0 Å². The van der Waals surface area contributed by atoms with Gasteiger partial charge in [0.25, 0.3) is 0 Å². The highest BCUT2D eigenvalue weighted by Crippen LogP contribution is 2.04. The van der Waals surface area contributed by atoms with Crippen molar-refractivity contribution in [2.75, 3.05) is 26.2 Å². The maximum Gasteiger partial charge on any atom is 0.00767 e. The first kappa shape index (κ1) is 23.7. The summed E-state index contributed by atoms with van der Waals surface area (Å²) in [5, 5.41) is 7.07. The summed E-state index contributed by atoms with van der Waals surface area (Å²) in [5.74, 6) is 0. The zero-order valence-electron chi connectivity index (χ0n) is 14.7. The van der Waals surface area contributed by atoms with Gasteiger partial charge in [-0.3, -0.25) is 0 Å². The summed E-state index contributed by atoms with van der Waals surface area (Å²) in [6.07, 6.45) is 16.7. The van der Waals surface area contributed by atoms with E-state index in [0.29, 0.717) is 0 Å². The second-order valence-electron chi connectivity index (χ2n) is 6.04. The van der Waals surface area contributed by atoms with Crippen molar-refractivity contribution in [1.29, 1.82) is 0 Å². The lowest BCUT2D eigenvalue weighted by molar-refractivity contribution is 0.541. The van der Waals surface area contributed by atoms with Gasteiger partial charge in [-0.25, -0.2) is 0 Å². The van der Waals surface area contributed by atoms with Gasteiger partial charge in [0, 0.05) is 13.1 Å². The first-order chi connectivity index (χ1) is 9.91. The van der Waals surface area contributed by atoms with Crippen LogP contribution < -0.4 is 10.6 Å². The number of hydrogen-bond donors (Lipinski definition) is 2. The minimum absolute atomic E-state index is 0. The minimum Gasteiger partial charge on any atom is -0.315 e. The third kappa shape index (κ3) is 22.8. The Morgan fingerprint density at radius 3 is 1.14 bits per heavy atom. The maximum absolute atomic E-state index is 3.53. The lowest BCUT2D eigenvalue weighted by Gasteiger charge is -2.06. The molecule has 0 bridgehead atoms. The summed E-state index contributed by atoms with van der Waals surface area (Å²) in [6, 6.07) is 0. The summed E-state index contributed by atoms with van der Waals surface area (Å²) in [6.45, 7) is 9.21. The first-order valence-corrected chi connectivity index (χ1v) is 9.33. The average Bonchev–Trinajstić information content (AvgIpc) is 2.47. The Morgan fingerprint density at radius 1 is 0.429 bits per heavy atom. The second-order valence-corrected chi connectivity index (χ2v) is 6.04. The van der Waals surface area contributed by atoms with Crippen LogP contribution in [0.25, 0.3) is 0 Å². The molecule has 21 heavy (non-hydrogen) atoms. The highest BCUT2D eigenvalue weighted by molar-refractivity contribution is 8.93. The molecule has 0 saturated carbocycles. The molecule has 0 aliphatic rings. The fourth-order valence-corrected chi connectivity index (χ4v) is 2.49. The van der Waals surface area contributed by atoms with Crippen molar-refractivity contribution in [3.8, 4) is 0 Å². The first-order valence-electron chi connectivity index (χ1n) is 9.33. The molecule has 0 amide bonds. The van der Waals surface area contributed by atoms with E-state index < -0.39 is 0 Å². The molecule has 0 aromatic carbocycles. The Bertz CT molecular complexity index is 147. The van der Waals surface area contributed by atoms with Crippen LogP contribution in [0.1, 0.15) is 90.9 Å². The second kappa shape index (κ2) is 22.7. The molecule has 2 N–H and O–H groups in total. The number of nitrogens with one attached hydrogen (secondary N) is 2. The van der Waals surface area contributed by atoms with E-state index in [9.17, 15) is 0 Å². The SMILES string of the molecule is Br.CCCCCCCCNCCNCCCCCCCC. The van der Waals surface area contributed by atoms with Gasteiger partial charge >= 0.3 is 0 Å². The van der Waals surface area contributed by atoms with Crippen LogP contribution in [0, 0.1) is 0 Å². The normalized spacial score (nSPS) is 10.6. The van der Waals surface area contributed by atoms with Gasteiger partial charge in [-0.1, -0.05) is 78.1 Å². The van der Waals surface area contributed by atoms with E-state index in [0.717, 1.165) is 13.1 Å². The van der Waals surface area contributed by atoms with E-state index in [1.807, 2.05) is 0 Å². The lowest BCUT2D eigenvalue weighted by Crippen LogP contribution is -2.28. The number of rotatable bonds is 17. The van der Waals surface area contributed by atoms with E-state index in [1.54, 1.807) is 0 Å². The largest absolute Gasteiger partial charge is 0.315 e. The van der Waals surface area contributed by atoms with Crippen LogP contribution in [0.15, 0.2) is 0 Å². The molecule has 0 spiro atoms. The molecule has 0 radical (unpaired) electrons. The van der Waals surface area contributed by atoms with Crippen LogP contribution in [0.5, 0.6) is 0 Å². The molecule has 130 valence electrons. The maximum atomic E-state index is 3.53. The van der Waals surface area contributed by atoms with Gasteiger partial charge in [0.1, 0.15) is 0 Å². The van der Waals surface area contributed by atoms with Crippen molar-refractivity contribution < 1.29 is 0 Å². The zero-order valence-corrected chi connectivity index (χ0v) is 16.4. The molecular weight excluding hydrogens is 324 g/mol. The topological polar surface area (TPSA) is 24.1 Å². The number of unbranched alkanes of at least 4 members (excludes halogenated alkanes) is 10. The van der Waals surface area contributed by atoms with E-state index in [4.69, 9.17) is 0 Å². The van der Waals surface area contributed by atoms with E-state index in [-0.39, 0.29) is 17.0 Å². The molecule has 0 saturated heterocycles. The zero-order chi connectivity index (χ0) is 14.7. The molecule has 0 rings (SSSR count). The third-order valence-electron chi connectivity index (χ3n) is 3.89. The summed E-state index contributed by atoms with van der Waals surface area (Å²) < 4.78 is 0. The predicted octanol–water partition coefficient (Wildman–Crippen LogP) is 5.46. The molecule has 0 aliphatic carbocycles. The molecule has 0 aromatic rings. The fourth-order valence-electron chi connectivity index (χ4n) is 2.49. The van der Waals surface area contributed by atoms with Crippen LogP contribution in [-0.4, -0.2) is 26.2 Å². The number of hydrogen-bond acceptors (Lipinski definition) is 2. The van der Waals surface area contributed by atoms with Gasteiger partial charge in [0.05, 0.1) is 0 Å². The van der Waals surface area contributed by atoms with E-state index >= 15 is 0 Å². The van der Waals surface area contributed by atoms with Gasteiger partial charge in [0.2, 0.25) is 0 Å². The van der Waals surface area contributed by atoms with E-state index in [2.05, 4.69) is 24.5 Å². The van der Waals surface area contributed by atoms with Crippen molar-refractivity contribution in [3.05, 3.63) is 0 Å². The third-order valence-corrected chi connectivity index (χ3v) is 3.89. The van der Waals surface area contributed by atoms with Crippen LogP contribution in [0.4, 0.5) is 0 Å². The molecule has 2 nitrogen and oxygen atoms in total. The van der Waals surface area contributed by atoms with Crippen molar-refractivity contribution >= 4 is 17.0 Å². The average molecular weight is 365 g/mol. The molecule has 0 atom stereocenters. The Balaban J connectivity index is 0. The quantitative estimate of drug-likeness (QED) is 0.334. The highest BCUT2D eigenvalue weighted by atomic mass is 79.9. The van der Waals surface area contributed by atoms with Gasteiger partial charge < -0.3 is 10.6 Å². The summed E-state index contributed by atoms with van der Waals surface area (Å²) in [4.78, 5) is 0. The number of halogens is 1. The molecular formula is C18H41BrN2. The Morgan fingerprint density at radius 2 is 0.762 bits per heavy atom. The Kier molecular flexibility index (Phi) is 25.6. The van der Waals surface area contributed by atoms with Crippen molar-refractivity contribution in [3.63, 3.8) is 0 Å². The van der Waals surface area contributed by atoms with Crippen LogP contribution in [0.2, 0.25) is 0 Å². The highest BCUT2D eigenvalue weighted by Gasteiger charge is 1.92. The monoisotopic (exact) mass is 364 g/mol. The smallest absolute Gasteiger partial charge is 0.00767 e. The molecule has 3 heteroatoms. The fraction of sp³-hybridized carbons (Fsp3) is 1.00. The Labute approximate surface area is 145 Å². The van der Waals surface area contributed by atoms with E-state index in [1.165, 1.54) is 90.1 Å². The molecule has 0 aliphatic heterocycles. The predicted molar refractivity (Wildman–Crippen MR) is 103 cm³/mol. The van der Waals surface area contributed by atoms with Gasteiger partial charge in [-0.05, 0) is 25.9 Å². The standard InChI is InChI=1S/C18H40N2.BrH/c1-3-5-7-9-11-13-15-19-17-18-20-16-14-12-10-8-6-4-2;/h19-20H,3-18H2,1-2H3;1H. The molecule has 0 fully saturated rings. The van der Waals surface area contributed by atoms with Crippen molar-refractivity contribution in [2.45, 2.75) is 90.9 Å². The lowest BCUT2D eigenvalue weighted by atomic mass is 10.1. The molecule has 0 unspecified atom stereocenters. The molecule has 0 heterocycles. The van der Waals surface area contributed by atoms with Gasteiger partial charge in [0.15, 0.2) is 0 Å². The van der Waals surface area contributed by atoms with Crippen LogP contribution >= 0.6 is 17.0 Å².